The third-order valence-electron chi connectivity index (χ3n) is 6.42. The molecule has 2 fully saturated rings. The molecule has 2 aromatic heterocycles. The van der Waals surface area contributed by atoms with E-state index in [2.05, 4.69) is 32.1 Å². The van der Waals surface area contributed by atoms with Crippen molar-refractivity contribution < 1.29 is 29.3 Å². The van der Waals surface area contributed by atoms with Gasteiger partial charge in [0.15, 0.2) is 23.3 Å². The second-order valence-electron chi connectivity index (χ2n) is 8.80. The molecule has 36 heavy (non-hydrogen) atoms. The zero-order valence-electron chi connectivity index (χ0n) is 20.3. The van der Waals surface area contributed by atoms with Crippen molar-refractivity contribution in [2.75, 3.05) is 38.6 Å². The van der Waals surface area contributed by atoms with Gasteiger partial charge in [0.1, 0.15) is 11.6 Å². The maximum Gasteiger partial charge on any atom is 0.409 e. The number of imidazole rings is 1. The van der Waals surface area contributed by atoms with Crippen molar-refractivity contribution in [3.05, 3.63) is 12.2 Å². The number of aliphatic hydroxyl groups is 2. The SMILES string of the molecule is CCNC(=O)C1OCC(O)(n2cnc3c(N)nc(C#CCC4CCN(C(=O)OCC)CC4)nc32)C1O. The van der Waals surface area contributed by atoms with E-state index in [9.17, 15) is 19.8 Å². The van der Waals surface area contributed by atoms with Crippen LogP contribution < -0.4 is 11.1 Å². The van der Waals surface area contributed by atoms with Crippen LogP contribution in [0.3, 0.4) is 0 Å². The monoisotopic (exact) mass is 501 g/mol. The third-order valence-corrected chi connectivity index (χ3v) is 6.42. The number of nitrogens with two attached hydrogens (primary N) is 1. The van der Waals surface area contributed by atoms with E-state index in [1.54, 1.807) is 18.7 Å². The summed E-state index contributed by atoms with van der Waals surface area (Å²) in [6.45, 7) is 5.13. The first-order valence-corrected chi connectivity index (χ1v) is 12.0. The molecule has 3 atom stereocenters. The van der Waals surface area contributed by atoms with Gasteiger partial charge in [-0.25, -0.2) is 19.7 Å². The molecule has 2 aromatic rings. The van der Waals surface area contributed by atoms with Gasteiger partial charge in [-0.05, 0) is 38.5 Å². The van der Waals surface area contributed by atoms with Gasteiger partial charge in [-0.1, -0.05) is 5.92 Å². The van der Waals surface area contributed by atoms with E-state index in [-0.39, 0.29) is 35.5 Å². The molecule has 13 nitrogen and oxygen atoms in total. The van der Waals surface area contributed by atoms with E-state index >= 15 is 0 Å². The molecule has 0 aromatic carbocycles. The van der Waals surface area contributed by atoms with E-state index in [1.807, 2.05) is 0 Å². The van der Waals surface area contributed by atoms with Crippen LogP contribution in [0, 0.1) is 17.8 Å². The van der Waals surface area contributed by atoms with Crippen molar-refractivity contribution in [3.63, 3.8) is 0 Å². The first kappa shape index (κ1) is 25.6. The third kappa shape index (κ3) is 4.92. The molecule has 13 heteroatoms. The minimum absolute atomic E-state index is 0.0723. The lowest BCUT2D eigenvalue weighted by Gasteiger charge is -2.30. The molecule has 2 aliphatic rings. The lowest BCUT2D eigenvalue weighted by molar-refractivity contribution is -0.137. The molecule has 4 rings (SSSR count). The first-order chi connectivity index (χ1) is 17.3. The van der Waals surface area contributed by atoms with Gasteiger partial charge in [0.25, 0.3) is 5.91 Å². The Hall–Kier alpha value is -3.47. The second-order valence-corrected chi connectivity index (χ2v) is 8.80. The fourth-order valence-corrected chi connectivity index (χ4v) is 4.41. The normalized spacial score (nSPS) is 24.4. The molecule has 0 aliphatic carbocycles. The van der Waals surface area contributed by atoms with Gasteiger partial charge in [-0.2, -0.15) is 0 Å². The van der Waals surface area contributed by atoms with E-state index in [4.69, 9.17) is 15.2 Å². The van der Waals surface area contributed by atoms with Crippen molar-refractivity contribution >= 4 is 29.0 Å². The molecule has 3 unspecified atom stereocenters. The molecule has 4 heterocycles. The topological polar surface area (TPSA) is 178 Å². The van der Waals surface area contributed by atoms with Crippen molar-refractivity contribution in [3.8, 4) is 11.8 Å². The molecule has 2 aliphatic heterocycles. The van der Waals surface area contributed by atoms with Crippen LogP contribution in [-0.4, -0.2) is 91.7 Å². The number of aliphatic hydroxyl groups excluding tert-OH is 1. The Kier molecular flexibility index (Phi) is 7.58. The minimum atomic E-state index is -1.98. The Morgan fingerprint density at radius 2 is 2.08 bits per heavy atom. The lowest BCUT2D eigenvalue weighted by Crippen LogP contribution is -2.50. The van der Waals surface area contributed by atoms with Gasteiger partial charge in [0.05, 0.1) is 19.5 Å². The van der Waals surface area contributed by atoms with Gasteiger partial charge >= 0.3 is 6.09 Å². The number of hydrogen-bond acceptors (Lipinski definition) is 10. The average molecular weight is 502 g/mol. The zero-order valence-corrected chi connectivity index (χ0v) is 20.3. The smallest absolute Gasteiger partial charge is 0.409 e. The molecule has 0 saturated carbocycles. The molecule has 0 radical (unpaired) electrons. The Morgan fingerprint density at radius 3 is 2.78 bits per heavy atom. The fourth-order valence-electron chi connectivity index (χ4n) is 4.41. The summed E-state index contributed by atoms with van der Waals surface area (Å²) >= 11 is 0. The number of hydrogen-bond donors (Lipinski definition) is 4. The molecule has 2 saturated heterocycles. The zero-order chi connectivity index (χ0) is 25.9. The highest BCUT2D eigenvalue weighted by Gasteiger charge is 2.53. The molecular formula is C23H31N7O6. The standard InChI is InChI=1S/C23H31N7O6/c1-3-25-21(32)17-18(31)23(34,12-36-17)30-13-26-16-19(24)27-15(28-20(16)30)7-5-6-14-8-10-29(11-9-14)22(33)35-4-2/h13-14,17-18,31,34H,3-4,6,8-12H2,1-2H3,(H,25,32)(H2,24,27,28). The summed E-state index contributed by atoms with van der Waals surface area (Å²) in [5, 5.41) is 24.5. The second kappa shape index (κ2) is 10.7. The van der Waals surface area contributed by atoms with Gasteiger partial charge in [-0.3, -0.25) is 9.36 Å². The Bertz CT molecular complexity index is 1180. The summed E-state index contributed by atoms with van der Waals surface area (Å²) in [6, 6.07) is 0. The van der Waals surface area contributed by atoms with E-state index in [0.29, 0.717) is 38.6 Å². The minimum Gasteiger partial charge on any atom is -0.450 e. The summed E-state index contributed by atoms with van der Waals surface area (Å²) in [4.78, 5) is 38.5. The largest absolute Gasteiger partial charge is 0.450 e. The predicted octanol–water partition coefficient (Wildman–Crippen LogP) is -0.440. The van der Waals surface area contributed by atoms with Gasteiger partial charge in [0, 0.05) is 26.1 Å². The van der Waals surface area contributed by atoms with Crippen LogP contribution in [0.25, 0.3) is 11.2 Å². The quantitative estimate of drug-likeness (QED) is 0.393. The number of anilines is 1. The highest BCUT2D eigenvalue weighted by atomic mass is 16.6. The number of nitrogens with zero attached hydrogens (tertiary/aromatic N) is 5. The molecule has 2 amide bonds. The number of rotatable bonds is 5. The highest BCUT2D eigenvalue weighted by Crippen LogP contribution is 2.33. The summed E-state index contributed by atoms with van der Waals surface area (Å²) in [6.07, 6.45) is 0.417. The highest BCUT2D eigenvalue weighted by molar-refractivity contribution is 5.83. The predicted molar refractivity (Wildman–Crippen MR) is 127 cm³/mol. The maximum absolute atomic E-state index is 12.2. The summed E-state index contributed by atoms with van der Waals surface area (Å²) in [7, 11) is 0. The van der Waals surface area contributed by atoms with Crippen LogP contribution in [0.2, 0.25) is 0 Å². The number of ether oxygens (including phenoxy) is 2. The average Bonchev–Trinajstić information content (AvgIpc) is 3.42. The van der Waals surface area contributed by atoms with Gasteiger partial charge in [-0.15, -0.1) is 0 Å². The number of aromatic nitrogens is 4. The van der Waals surface area contributed by atoms with E-state index in [1.165, 1.54) is 10.9 Å². The molecule has 194 valence electrons. The number of carbonyl (C=O) groups is 2. The fraction of sp³-hybridized carbons (Fsp3) is 0.609. The maximum atomic E-state index is 12.2. The van der Waals surface area contributed by atoms with Crippen LogP contribution in [-0.2, 0) is 20.0 Å². The number of carbonyl (C=O) groups excluding carboxylic acids is 2. The lowest BCUT2D eigenvalue weighted by atomic mass is 9.94. The van der Waals surface area contributed by atoms with Gasteiger partial charge < -0.3 is 35.6 Å². The number of likely N-dealkylation sites (tertiary alicyclic amines) is 1. The van der Waals surface area contributed by atoms with Crippen LogP contribution in [0.15, 0.2) is 6.33 Å². The number of likely N-dealkylation sites (N-methyl/N-ethyl adjacent to an activating group) is 1. The van der Waals surface area contributed by atoms with Crippen molar-refractivity contribution in [2.24, 2.45) is 5.92 Å². The van der Waals surface area contributed by atoms with E-state index < -0.39 is 23.8 Å². The number of nitrogens with one attached hydrogen (secondary N) is 1. The van der Waals surface area contributed by atoms with Crippen molar-refractivity contribution in [1.82, 2.24) is 29.7 Å². The molecular weight excluding hydrogens is 470 g/mol. The first-order valence-electron chi connectivity index (χ1n) is 12.0. The Balaban J connectivity index is 1.49. The number of piperidine rings is 1. The van der Waals surface area contributed by atoms with Crippen LogP contribution in [0.4, 0.5) is 10.6 Å². The van der Waals surface area contributed by atoms with Crippen molar-refractivity contribution in [1.29, 1.82) is 0 Å². The molecule has 5 N–H and O–H groups in total. The van der Waals surface area contributed by atoms with E-state index in [0.717, 1.165) is 12.8 Å². The Labute approximate surface area is 208 Å². The van der Waals surface area contributed by atoms with Crippen molar-refractivity contribution in [2.45, 2.75) is 51.0 Å². The summed E-state index contributed by atoms with van der Waals surface area (Å²) in [5.41, 5.74) is 4.47. The van der Waals surface area contributed by atoms with Crippen LogP contribution >= 0.6 is 0 Å². The summed E-state index contributed by atoms with van der Waals surface area (Å²) in [5.74, 6) is 6.01. The number of amides is 2. The van der Waals surface area contributed by atoms with Crippen LogP contribution in [0.1, 0.15) is 38.9 Å². The number of fused-ring (bicyclic) bond motifs is 1. The van der Waals surface area contributed by atoms with Gasteiger partial charge in [0.2, 0.25) is 5.82 Å². The summed E-state index contributed by atoms with van der Waals surface area (Å²) < 4.78 is 11.7. The molecule has 0 spiro atoms. The Morgan fingerprint density at radius 1 is 1.33 bits per heavy atom. The molecule has 0 bridgehead atoms. The number of nitrogen functional groups attached to an aromatic ring is 1. The van der Waals surface area contributed by atoms with Crippen LogP contribution in [0.5, 0.6) is 0 Å².